The molecule has 0 saturated carbocycles. The molecule has 3 rings (SSSR count). The summed E-state index contributed by atoms with van der Waals surface area (Å²) in [6, 6.07) is 0.133. The number of hydrogen-bond acceptors (Lipinski definition) is 5. The van der Waals surface area contributed by atoms with Crippen molar-refractivity contribution < 1.29 is 4.79 Å². The van der Waals surface area contributed by atoms with Crippen LogP contribution in [0.4, 0.5) is 0 Å². The van der Waals surface area contributed by atoms with Crippen LogP contribution in [-0.2, 0) is 11.8 Å². The van der Waals surface area contributed by atoms with Gasteiger partial charge in [-0.15, -0.1) is 12.3 Å². The van der Waals surface area contributed by atoms with Crippen molar-refractivity contribution in [1.82, 2.24) is 19.4 Å². The van der Waals surface area contributed by atoms with Crippen molar-refractivity contribution >= 4 is 5.91 Å². The van der Waals surface area contributed by atoms with Crippen LogP contribution in [0.15, 0.2) is 22.6 Å². The van der Waals surface area contributed by atoms with Crippen LogP contribution in [0.25, 0.3) is 0 Å². The molecule has 0 radical (unpaired) electrons. The first kappa shape index (κ1) is 16.7. The van der Waals surface area contributed by atoms with Crippen molar-refractivity contribution in [2.45, 2.75) is 37.4 Å². The van der Waals surface area contributed by atoms with Crippen molar-refractivity contribution in [1.29, 1.82) is 0 Å². The lowest BCUT2D eigenvalue weighted by Crippen LogP contribution is -2.49. The number of rotatable bonds is 6. The van der Waals surface area contributed by atoms with Crippen LogP contribution in [0, 0.1) is 12.3 Å². The number of piperazine rings is 1. The van der Waals surface area contributed by atoms with Crippen molar-refractivity contribution in [2.24, 2.45) is 17.3 Å². The highest BCUT2D eigenvalue weighted by Crippen LogP contribution is 2.37. The van der Waals surface area contributed by atoms with Gasteiger partial charge in [0.1, 0.15) is 5.82 Å². The third-order valence-electron chi connectivity index (χ3n) is 4.95. The van der Waals surface area contributed by atoms with Crippen molar-refractivity contribution in [2.75, 3.05) is 26.7 Å². The lowest BCUT2D eigenvalue weighted by atomic mass is 10.0. The predicted molar refractivity (Wildman–Crippen MR) is 90.0 cm³/mol. The van der Waals surface area contributed by atoms with E-state index in [1.807, 2.05) is 22.7 Å². The number of likely N-dealkylation sites (N-methyl/N-ethyl adjacent to an activating group) is 1. The van der Waals surface area contributed by atoms with Crippen LogP contribution in [0.3, 0.4) is 0 Å². The third-order valence-corrected chi connectivity index (χ3v) is 4.95. The summed E-state index contributed by atoms with van der Waals surface area (Å²) < 4.78 is 2.02. The second kappa shape index (κ2) is 6.73. The highest BCUT2D eigenvalue weighted by molar-refractivity contribution is 5.76. The van der Waals surface area contributed by atoms with Gasteiger partial charge >= 0.3 is 0 Å². The van der Waals surface area contributed by atoms with E-state index in [2.05, 4.69) is 33.1 Å². The van der Waals surface area contributed by atoms with Gasteiger partial charge in [0.2, 0.25) is 5.91 Å². The maximum absolute atomic E-state index is 12.6. The summed E-state index contributed by atoms with van der Waals surface area (Å²) in [4.78, 5) is 21.3. The Labute approximate surface area is 142 Å². The average molecular weight is 328 g/mol. The van der Waals surface area contributed by atoms with Gasteiger partial charge in [0.05, 0.1) is 6.04 Å². The Morgan fingerprint density at radius 2 is 2.17 bits per heavy atom. The van der Waals surface area contributed by atoms with Crippen LogP contribution in [0.5, 0.6) is 0 Å². The van der Waals surface area contributed by atoms with Crippen molar-refractivity contribution in [3.8, 4) is 12.3 Å². The lowest BCUT2D eigenvalue weighted by Gasteiger charge is -2.39. The van der Waals surface area contributed by atoms with Crippen LogP contribution in [0.1, 0.15) is 37.5 Å². The summed E-state index contributed by atoms with van der Waals surface area (Å²) >= 11 is 0. The van der Waals surface area contributed by atoms with Crippen LogP contribution < -0.4 is 0 Å². The summed E-state index contributed by atoms with van der Waals surface area (Å²) in [6.45, 7) is 2.27. The van der Waals surface area contributed by atoms with Gasteiger partial charge in [-0.1, -0.05) is 0 Å². The SMILES string of the molecule is C#CCCC1(CCC(=O)N2CCN(C)C(c3nccn3C)C2)N=N1. The molecule has 3 heterocycles. The molecule has 1 amide bonds. The fourth-order valence-corrected chi connectivity index (χ4v) is 3.21. The van der Waals surface area contributed by atoms with Crippen molar-refractivity contribution in [3.63, 3.8) is 0 Å². The number of amides is 1. The van der Waals surface area contributed by atoms with Gasteiger partial charge in [0, 0.05) is 64.8 Å². The molecule has 1 atom stereocenters. The van der Waals surface area contributed by atoms with Gasteiger partial charge in [0.15, 0.2) is 5.66 Å². The Balaban J connectivity index is 1.56. The van der Waals surface area contributed by atoms with E-state index in [9.17, 15) is 4.79 Å². The Bertz CT molecular complexity index is 667. The molecule has 1 saturated heterocycles. The number of aryl methyl sites for hydroxylation is 1. The Morgan fingerprint density at radius 1 is 1.38 bits per heavy atom. The fraction of sp³-hybridized carbons (Fsp3) is 0.647. The summed E-state index contributed by atoms with van der Waals surface area (Å²) in [5.41, 5.74) is -0.381. The monoisotopic (exact) mass is 328 g/mol. The molecule has 0 N–H and O–H groups in total. The zero-order valence-electron chi connectivity index (χ0n) is 14.4. The lowest BCUT2D eigenvalue weighted by molar-refractivity contribution is -0.134. The van der Waals surface area contributed by atoms with Gasteiger partial charge in [-0.25, -0.2) is 4.98 Å². The molecule has 1 aromatic heterocycles. The summed E-state index contributed by atoms with van der Waals surface area (Å²) in [5.74, 6) is 3.78. The maximum Gasteiger partial charge on any atom is 0.222 e. The zero-order chi connectivity index (χ0) is 17.2. The molecule has 0 spiro atoms. The second-order valence-electron chi connectivity index (χ2n) is 6.62. The molecule has 7 heteroatoms. The van der Waals surface area contributed by atoms with E-state index >= 15 is 0 Å². The summed E-state index contributed by atoms with van der Waals surface area (Å²) in [5, 5.41) is 8.21. The second-order valence-corrected chi connectivity index (χ2v) is 6.62. The molecular formula is C17H24N6O. The topological polar surface area (TPSA) is 66.1 Å². The number of imidazole rings is 1. The van der Waals surface area contributed by atoms with Gasteiger partial charge < -0.3 is 9.47 Å². The molecule has 24 heavy (non-hydrogen) atoms. The minimum atomic E-state index is -0.381. The van der Waals surface area contributed by atoms with E-state index in [1.54, 1.807) is 6.20 Å². The smallest absolute Gasteiger partial charge is 0.222 e. The Hall–Kier alpha value is -2.20. The minimum Gasteiger partial charge on any atom is -0.339 e. The normalized spacial score (nSPS) is 22.4. The number of nitrogens with zero attached hydrogens (tertiary/aromatic N) is 6. The molecule has 2 aliphatic rings. The average Bonchev–Trinajstić information content (AvgIpc) is 3.24. The molecule has 1 fully saturated rings. The van der Waals surface area contributed by atoms with E-state index in [0.717, 1.165) is 25.3 Å². The predicted octanol–water partition coefficient (Wildman–Crippen LogP) is 1.59. The highest BCUT2D eigenvalue weighted by Gasteiger charge is 2.40. The standard InChI is InChI=1S/C17H24N6O/c1-4-5-7-17(19-20-17)8-6-15(24)23-12-11-21(2)14(13-23)16-18-9-10-22(16)3/h1,9-10,14H,5-8,11-13H2,2-3H3. The number of aromatic nitrogens is 2. The molecule has 1 unspecified atom stereocenters. The Morgan fingerprint density at radius 3 is 2.79 bits per heavy atom. The number of terminal acetylenes is 1. The number of hydrogen-bond donors (Lipinski definition) is 0. The van der Waals surface area contributed by atoms with E-state index in [1.165, 1.54) is 0 Å². The summed E-state index contributed by atoms with van der Waals surface area (Å²) in [6.07, 6.45) is 11.6. The number of carbonyl (C=O) groups is 1. The maximum atomic E-state index is 12.6. The van der Waals surface area contributed by atoms with E-state index < -0.39 is 0 Å². The van der Waals surface area contributed by atoms with E-state index in [4.69, 9.17) is 6.42 Å². The molecule has 2 aliphatic heterocycles. The molecular weight excluding hydrogens is 304 g/mol. The summed E-state index contributed by atoms with van der Waals surface area (Å²) in [7, 11) is 4.07. The molecule has 0 bridgehead atoms. The third kappa shape index (κ3) is 3.49. The molecule has 1 aromatic rings. The molecule has 7 nitrogen and oxygen atoms in total. The highest BCUT2D eigenvalue weighted by atomic mass is 16.2. The first-order valence-corrected chi connectivity index (χ1v) is 8.37. The van der Waals surface area contributed by atoms with Gasteiger partial charge in [-0.05, 0) is 7.05 Å². The first-order valence-electron chi connectivity index (χ1n) is 8.37. The number of carbonyl (C=O) groups excluding carboxylic acids is 1. The van der Waals surface area contributed by atoms with Crippen molar-refractivity contribution in [3.05, 3.63) is 18.2 Å². The van der Waals surface area contributed by atoms with Crippen LogP contribution >= 0.6 is 0 Å². The largest absolute Gasteiger partial charge is 0.339 e. The first-order chi connectivity index (χ1) is 11.5. The minimum absolute atomic E-state index is 0.133. The van der Waals surface area contributed by atoms with Crippen LogP contribution in [-0.4, -0.2) is 57.6 Å². The molecule has 0 aromatic carbocycles. The van der Waals surface area contributed by atoms with Gasteiger partial charge in [0.25, 0.3) is 0 Å². The molecule has 128 valence electrons. The molecule has 0 aliphatic carbocycles. The quantitative estimate of drug-likeness (QED) is 0.745. The zero-order valence-corrected chi connectivity index (χ0v) is 14.4. The fourth-order valence-electron chi connectivity index (χ4n) is 3.21. The van der Waals surface area contributed by atoms with Gasteiger partial charge in [-0.2, -0.15) is 10.2 Å². The Kier molecular flexibility index (Phi) is 4.67. The van der Waals surface area contributed by atoms with Crippen LogP contribution in [0.2, 0.25) is 0 Å². The van der Waals surface area contributed by atoms with Gasteiger partial charge in [-0.3, -0.25) is 9.69 Å². The van der Waals surface area contributed by atoms with E-state index in [-0.39, 0.29) is 17.6 Å². The van der Waals surface area contributed by atoms with E-state index in [0.29, 0.717) is 25.8 Å².